The molecule has 1 N–H and O–H groups in total. The van der Waals surface area contributed by atoms with Crippen molar-refractivity contribution in [1.29, 1.82) is 0 Å². The molecule has 0 spiro atoms. The molecule has 1 aromatic carbocycles. The highest BCUT2D eigenvalue weighted by molar-refractivity contribution is 5.95. The van der Waals surface area contributed by atoms with Crippen LogP contribution in [-0.4, -0.2) is 43.5 Å². The highest BCUT2D eigenvalue weighted by Crippen LogP contribution is 2.28. The Hall–Kier alpha value is -2.24. The molecule has 0 radical (unpaired) electrons. The molecule has 0 aliphatic rings. The van der Waals surface area contributed by atoms with Crippen LogP contribution in [0.25, 0.3) is 0 Å². The normalized spacial score (nSPS) is 11.5. The lowest BCUT2D eigenvalue weighted by atomic mass is 10.2. The lowest BCUT2D eigenvalue weighted by Gasteiger charge is -2.26. The predicted octanol–water partition coefficient (Wildman–Crippen LogP) is 2.29. The van der Waals surface area contributed by atoms with Gasteiger partial charge in [-0.1, -0.05) is 6.92 Å². The number of hydrogen-bond donors (Lipinski definition) is 1. The fraction of sp³-hybridized carbons (Fsp3) is 0.500. The van der Waals surface area contributed by atoms with E-state index in [0.717, 1.165) is 6.42 Å². The molecule has 0 aliphatic heterocycles. The molecule has 0 bridgehead atoms. The molecule has 0 fully saturated rings. The van der Waals surface area contributed by atoms with Gasteiger partial charge in [0, 0.05) is 19.0 Å². The Morgan fingerprint density at radius 3 is 2.45 bits per heavy atom. The van der Waals surface area contributed by atoms with E-state index in [9.17, 15) is 9.59 Å². The summed E-state index contributed by atoms with van der Waals surface area (Å²) in [5.41, 5.74) is 0.513. The van der Waals surface area contributed by atoms with Gasteiger partial charge in [0.25, 0.3) is 0 Å². The van der Waals surface area contributed by atoms with Gasteiger partial charge in [-0.15, -0.1) is 0 Å². The van der Waals surface area contributed by atoms with Crippen LogP contribution in [0.4, 0.5) is 5.69 Å². The van der Waals surface area contributed by atoms with E-state index in [4.69, 9.17) is 9.47 Å². The summed E-state index contributed by atoms with van der Waals surface area (Å²) >= 11 is 0. The number of hydrogen-bond acceptors (Lipinski definition) is 4. The molecule has 1 atom stereocenters. The molecule has 0 heterocycles. The topological polar surface area (TPSA) is 67.9 Å². The molecular weight excluding hydrogens is 284 g/mol. The van der Waals surface area contributed by atoms with E-state index in [1.54, 1.807) is 30.2 Å². The average Bonchev–Trinajstić information content (AvgIpc) is 2.51. The van der Waals surface area contributed by atoms with Crippen LogP contribution in [0.3, 0.4) is 0 Å². The SMILES string of the molecule is CCC(C)N(CC(=O)Nc1cc(OC)ccc1OC)C(C)=O. The summed E-state index contributed by atoms with van der Waals surface area (Å²) in [6.07, 6.45) is 0.787. The quantitative estimate of drug-likeness (QED) is 0.839. The van der Waals surface area contributed by atoms with Gasteiger partial charge >= 0.3 is 0 Å². The molecule has 0 saturated heterocycles. The second-order valence-electron chi connectivity index (χ2n) is 5.02. The van der Waals surface area contributed by atoms with E-state index in [2.05, 4.69) is 5.32 Å². The number of nitrogens with one attached hydrogen (secondary N) is 1. The maximum atomic E-state index is 12.2. The Bertz CT molecular complexity index is 531. The van der Waals surface area contributed by atoms with Gasteiger partial charge in [-0.05, 0) is 25.5 Å². The van der Waals surface area contributed by atoms with E-state index >= 15 is 0 Å². The molecule has 1 aromatic rings. The predicted molar refractivity (Wildman–Crippen MR) is 85.3 cm³/mol. The zero-order chi connectivity index (χ0) is 16.7. The zero-order valence-electron chi connectivity index (χ0n) is 13.8. The first-order chi connectivity index (χ1) is 10.4. The van der Waals surface area contributed by atoms with Crippen LogP contribution in [-0.2, 0) is 9.59 Å². The molecular formula is C16H24N2O4. The van der Waals surface area contributed by atoms with Crippen LogP contribution in [0.15, 0.2) is 18.2 Å². The second kappa shape index (κ2) is 8.26. The number of ether oxygens (including phenoxy) is 2. The highest BCUT2D eigenvalue weighted by atomic mass is 16.5. The van der Waals surface area contributed by atoms with Crippen molar-refractivity contribution in [2.24, 2.45) is 0 Å². The third-order valence-electron chi connectivity index (χ3n) is 3.52. The Kier molecular flexibility index (Phi) is 6.69. The number of benzene rings is 1. The lowest BCUT2D eigenvalue weighted by molar-refractivity contribution is -0.134. The first-order valence-electron chi connectivity index (χ1n) is 7.22. The summed E-state index contributed by atoms with van der Waals surface area (Å²) in [4.78, 5) is 25.4. The van der Waals surface area contributed by atoms with Crippen molar-refractivity contribution in [1.82, 2.24) is 4.90 Å². The minimum absolute atomic E-state index is 0.00467. The minimum Gasteiger partial charge on any atom is -0.497 e. The van der Waals surface area contributed by atoms with E-state index in [0.29, 0.717) is 17.2 Å². The smallest absolute Gasteiger partial charge is 0.244 e. The summed E-state index contributed by atoms with van der Waals surface area (Å²) in [7, 11) is 3.08. The summed E-state index contributed by atoms with van der Waals surface area (Å²) in [6, 6.07) is 5.15. The Labute approximate surface area is 131 Å². The highest BCUT2D eigenvalue weighted by Gasteiger charge is 2.19. The van der Waals surface area contributed by atoms with Gasteiger partial charge in [0.05, 0.1) is 19.9 Å². The van der Waals surface area contributed by atoms with Crippen molar-refractivity contribution < 1.29 is 19.1 Å². The van der Waals surface area contributed by atoms with Gasteiger partial charge in [0.2, 0.25) is 11.8 Å². The van der Waals surface area contributed by atoms with Crippen molar-refractivity contribution in [3.8, 4) is 11.5 Å². The zero-order valence-corrected chi connectivity index (χ0v) is 13.8. The Balaban J connectivity index is 2.85. The van der Waals surface area contributed by atoms with Crippen molar-refractivity contribution in [3.05, 3.63) is 18.2 Å². The van der Waals surface area contributed by atoms with Crippen molar-refractivity contribution >= 4 is 17.5 Å². The number of rotatable bonds is 7. The summed E-state index contributed by atoms with van der Waals surface area (Å²) in [5, 5.41) is 2.76. The minimum atomic E-state index is -0.276. The van der Waals surface area contributed by atoms with E-state index in [-0.39, 0.29) is 24.4 Å². The first kappa shape index (κ1) is 17.8. The molecule has 1 unspecified atom stereocenters. The van der Waals surface area contributed by atoms with E-state index in [1.807, 2.05) is 13.8 Å². The number of anilines is 1. The van der Waals surface area contributed by atoms with E-state index in [1.165, 1.54) is 14.0 Å². The van der Waals surface area contributed by atoms with Crippen molar-refractivity contribution in [2.45, 2.75) is 33.2 Å². The van der Waals surface area contributed by atoms with Crippen LogP contribution in [0, 0.1) is 0 Å². The lowest BCUT2D eigenvalue weighted by Crippen LogP contribution is -2.42. The molecule has 0 aliphatic carbocycles. The van der Waals surface area contributed by atoms with Gasteiger partial charge in [0.1, 0.15) is 18.0 Å². The maximum Gasteiger partial charge on any atom is 0.244 e. The standard InChI is InChI=1S/C16H24N2O4/c1-6-11(2)18(12(3)19)10-16(20)17-14-9-13(21-4)7-8-15(14)22-5/h7-9,11H,6,10H2,1-5H3,(H,17,20). The molecule has 6 heteroatoms. The second-order valence-corrected chi connectivity index (χ2v) is 5.02. The van der Waals surface area contributed by atoms with Crippen LogP contribution < -0.4 is 14.8 Å². The number of amides is 2. The number of methoxy groups -OCH3 is 2. The summed E-state index contributed by atoms with van der Waals surface area (Å²) in [6.45, 7) is 5.36. The first-order valence-corrected chi connectivity index (χ1v) is 7.22. The molecule has 0 aromatic heterocycles. The van der Waals surface area contributed by atoms with Crippen molar-refractivity contribution in [2.75, 3.05) is 26.1 Å². The number of carbonyl (C=O) groups is 2. The molecule has 2 amide bonds. The third-order valence-corrected chi connectivity index (χ3v) is 3.52. The van der Waals surface area contributed by atoms with Gasteiger partial charge in [-0.25, -0.2) is 0 Å². The third kappa shape index (κ3) is 4.65. The molecule has 6 nitrogen and oxygen atoms in total. The van der Waals surface area contributed by atoms with Gasteiger partial charge < -0.3 is 19.7 Å². The molecule has 22 heavy (non-hydrogen) atoms. The fourth-order valence-electron chi connectivity index (χ4n) is 2.05. The van der Waals surface area contributed by atoms with Crippen molar-refractivity contribution in [3.63, 3.8) is 0 Å². The summed E-state index contributed by atoms with van der Waals surface area (Å²) in [5.74, 6) is 0.748. The van der Waals surface area contributed by atoms with E-state index < -0.39 is 0 Å². The van der Waals surface area contributed by atoms with Crippen LogP contribution >= 0.6 is 0 Å². The molecule has 1 rings (SSSR count). The molecule has 122 valence electrons. The summed E-state index contributed by atoms with van der Waals surface area (Å²) < 4.78 is 10.4. The maximum absolute atomic E-state index is 12.2. The van der Waals surface area contributed by atoms with Gasteiger partial charge in [-0.2, -0.15) is 0 Å². The number of nitrogens with zero attached hydrogens (tertiary/aromatic N) is 1. The Morgan fingerprint density at radius 1 is 1.27 bits per heavy atom. The van der Waals surface area contributed by atoms with Gasteiger partial charge in [-0.3, -0.25) is 9.59 Å². The monoisotopic (exact) mass is 308 g/mol. The largest absolute Gasteiger partial charge is 0.497 e. The van der Waals surface area contributed by atoms with Crippen LogP contribution in [0.2, 0.25) is 0 Å². The Morgan fingerprint density at radius 2 is 1.95 bits per heavy atom. The van der Waals surface area contributed by atoms with Crippen LogP contribution in [0.1, 0.15) is 27.2 Å². The van der Waals surface area contributed by atoms with Gasteiger partial charge in [0.15, 0.2) is 0 Å². The van der Waals surface area contributed by atoms with Crippen LogP contribution in [0.5, 0.6) is 11.5 Å². The average molecular weight is 308 g/mol. The fourth-order valence-corrected chi connectivity index (χ4v) is 2.05. The number of carbonyl (C=O) groups excluding carboxylic acids is 2. The molecule has 0 saturated carbocycles.